The Hall–Kier alpha value is -2.14. The van der Waals surface area contributed by atoms with E-state index in [1.165, 1.54) is 25.7 Å². The van der Waals surface area contributed by atoms with Gasteiger partial charge in [0.25, 0.3) is 0 Å². The minimum Gasteiger partial charge on any atom is -0.490 e. The summed E-state index contributed by atoms with van der Waals surface area (Å²) in [7, 11) is 0. The van der Waals surface area contributed by atoms with Crippen LogP contribution in [0.2, 0.25) is 0 Å². The van der Waals surface area contributed by atoms with Crippen LogP contribution >= 0.6 is 12.2 Å². The average Bonchev–Trinajstić information content (AvgIpc) is 3.09. The first-order chi connectivity index (χ1) is 11.3. The molecule has 0 bridgehead atoms. The normalized spacial score (nSPS) is 14.4. The number of hydrogen-bond donors (Lipinski definition) is 2. The maximum absolute atomic E-state index is 5.96. The number of aromatic nitrogens is 1. The third kappa shape index (κ3) is 4.93. The molecular formula is C18H21N3OS. The molecule has 1 aliphatic carbocycles. The van der Waals surface area contributed by atoms with E-state index in [4.69, 9.17) is 17.0 Å². The summed E-state index contributed by atoms with van der Waals surface area (Å²) >= 11 is 5.31. The van der Waals surface area contributed by atoms with E-state index in [9.17, 15) is 0 Å². The first-order valence-corrected chi connectivity index (χ1v) is 8.41. The zero-order valence-corrected chi connectivity index (χ0v) is 13.8. The summed E-state index contributed by atoms with van der Waals surface area (Å²) in [5.74, 6) is 0.927. The molecule has 2 aromatic rings. The van der Waals surface area contributed by atoms with Gasteiger partial charge in [-0.15, -0.1) is 0 Å². The van der Waals surface area contributed by atoms with Crippen molar-refractivity contribution in [3.8, 4) is 5.75 Å². The van der Waals surface area contributed by atoms with Crippen molar-refractivity contribution in [3.05, 3.63) is 54.4 Å². The van der Waals surface area contributed by atoms with E-state index in [1.807, 2.05) is 42.6 Å². The number of thiocarbonyl (C=S) groups is 1. The van der Waals surface area contributed by atoms with E-state index in [0.29, 0.717) is 17.8 Å². The van der Waals surface area contributed by atoms with E-state index in [-0.39, 0.29) is 0 Å². The lowest BCUT2D eigenvalue weighted by molar-refractivity contribution is 0.210. The Morgan fingerprint density at radius 1 is 1.17 bits per heavy atom. The summed E-state index contributed by atoms with van der Waals surface area (Å²) in [6.45, 7) is 0.655. The van der Waals surface area contributed by atoms with Crippen molar-refractivity contribution in [2.75, 3.05) is 5.32 Å². The molecule has 1 aromatic heterocycles. The van der Waals surface area contributed by atoms with Gasteiger partial charge >= 0.3 is 0 Å². The van der Waals surface area contributed by atoms with Crippen LogP contribution in [0.15, 0.2) is 48.8 Å². The number of hydrogen-bond acceptors (Lipinski definition) is 3. The van der Waals surface area contributed by atoms with Gasteiger partial charge in [-0.25, -0.2) is 0 Å². The predicted octanol–water partition coefficient (Wildman–Crippen LogP) is 3.89. The molecule has 0 aliphatic heterocycles. The highest BCUT2D eigenvalue weighted by molar-refractivity contribution is 7.80. The maximum Gasteiger partial charge on any atom is 0.171 e. The van der Waals surface area contributed by atoms with Gasteiger partial charge in [0.05, 0.1) is 6.10 Å². The van der Waals surface area contributed by atoms with Crippen LogP contribution in [-0.4, -0.2) is 16.2 Å². The average molecular weight is 327 g/mol. The molecule has 23 heavy (non-hydrogen) atoms. The van der Waals surface area contributed by atoms with Crippen LogP contribution in [0.1, 0.15) is 31.2 Å². The summed E-state index contributed by atoms with van der Waals surface area (Å²) in [5.41, 5.74) is 2.05. The fourth-order valence-corrected chi connectivity index (χ4v) is 2.87. The van der Waals surface area contributed by atoms with Gasteiger partial charge in [-0.2, -0.15) is 0 Å². The van der Waals surface area contributed by atoms with Crippen molar-refractivity contribution >= 4 is 23.0 Å². The van der Waals surface area contributed by atoms with Gasteiger partial charge in [-0.1, -0.05) is 6.07 Å². The lowest BCUT2D eigenvalue weighted by Crippen LogP contribution is -2.27. The molecule has 5 heteroatoms. The van der Waals surface area contributed by atoms with Gasteiger partial charge in [-0.3, -0.25) is 4.98 Å². The number of ether oxygens (including phenoxy) is 1. The van der Waals surface area contributed by atoms with Crippen LogP contribution in [0, 0.1) is 0 Å². The standard InChI is InChI=1S/C18H21N3OS/c23-18(20-13-14-4-3-11-19-12-14)21-15-7-9-17(10-8-15)22-16-5-1-2-6-16/h3-4,7-12,16H,1-2,5-6,13H2,(H2,20,21,23). The van der Waals surface area contributed by atoms with Crippen molar-refractivity contribution in [1.29, 1.82) is 0 Å². The molecule has 0 spiro atoms. The van der Waals surface area contributed by atoms with E-state index >= 15 is 0 Å². The topological polar surface area (TPSA) is 46.2 Å². The molecule has 0 amide bonds. The van der Waals surface area contributed by atoms with Crippen LogP contribution in [0.25, 0.3) is 0 Å². The summed E-state index contributed by atoms with van der Waals surface area (Å²) in [6.07, 6.45) is 8.86. The van der Waals surface area contributed by atoms with Crippen LogP contribution in [0.4, 0.5) is 5.69 Å². The molecule has 1 saturated carbocycles. The molecule has 2 N–H and O–H groups in total. The number of nitrogens with one attached hydrogen (secondary N) is 2. The molecule has 1 heterocycles. The fourth-order valence-electron chi connectivity index (χ4n) is 2.68. The fraction of sp³-hybridized carbons (Fsp3) is 0.333. The maximum atomic E-state index is 5.96. The van der Waals surface area contributed by atoms with Crippen molar-refractivity contribution in [1.82, 2.24) is 10.3 Å². The van der Waals surface area contributed by atoms with Crippen LogP contribution in [0.5, 0.6) is 5.75 Å². The van der Waals surface area contributed by atoms with Crippen molar-refractivity contribution in [2.24, 2.45) is 0 Å². The van der Waals surface area contributed by atoms with Crippen LogP contribution in [0.3, 0.4) is 0 Å². The third-order valence-corrected chi connectivity index (χ3v) is 4.14. The zero-order chi connectivity index (χ0) is 15.9. The first kappa shape index (κ1) is 15.7. The Kier molecular flexibility index (Phi) is 5.42. The van der Waals surface area contributed by atoms with E-state index in [0.717, 1.165) is 17.0 Å². The third-order valence-electron chi connectivity index (χ3n) is 3.89. The Labute approximate surface area is 142 Å². The van der Waals surface area contributed by atoms with Crippen molar-refractivity contribution in [2.45, 2.75) is 38.3 Å². The summed E-state index contributed by atoms with van der Waals surface area (Å²) in [6, 6.07) is 11.9. The minimum absolute atomic E-state index is 0.385. The minimum atomic E-state index is 0.385. The lowest BCUT2D eigenvalue weighted by atomic mass is 10.2. The Balaban J connectivity index is 1.46. The molecule has 4 nitrogen and oxygen atoms in total. The molecular weight excluding hydrogens is 306 g/mol. The van der Waals surface area contributed by atoms with Crippen LogP contribution in [-0.2, 0) is 6.54 Å². The second kappa shape index (κ2) is 7.92. The summed E-state index contributed by atoms with van der Waals surface area (Å²) in [5, 5.41) is 6.94. The molecule has 0 atom stereocenters. The second-order valence-electron chi connectivity index (χ2n) is 5.72. The summed E-state index contributed by atoms with van der Waals surface area (Å²) in [4.78, 5) is 4.08. The number of pyridine rings is 1. The van der Waals surface area contributed by atoms with E-state index in [1.54, 1.807) is 6.20 Å². The molecule has 0 radical (unpaired) electrons. The van der Waals surface area contributed by atoms with Gasteiger partial charge < -0.3 is 15.4 Å². The highest BCUT2D eigenvalue weighted by atomic mass is 32.1. The SMILES string of the molecule is S=C(NCc1cccnc1)Nc1ccc(OC2CCCC2)cc1. The monoisotopic (exact) mass is 327 g/mol. The van der Waals surface area contributed by atoms with Gasteiger partial charge in [0, 0.05) is 24.6 Å². The van der Waals surface area contributed by atoms with Gasteiger partial charge in [0.2, 0.25) is 0 Å². The summed E-state index contributed by atoms with van der Waals surface area (Å²) < 4.78 is 5.96. The lowest BCUT2D eigenvalue weighted by Gasteiger charge is -2.14. The number of anilines is 1. The zero-order valence-electron chi connectivity index (χ0n) is 13.0. The Morgan fingerprint density at radius 2 is 1.96 bits per heavy atom. The number of rotatable bonds is 5. The molecule has 1 aliphatic rings. The number of nitrogens with zero attached hydrogens (tertiary/aromatic N) is 1. The molecule has 3 rings (SSSR count). The second-order valence-corrected chi connectivity index (χ2v) is 6.13. The predicted molar refractivity (Wildman–Crippen MR) is 96.6 cm³/mol. The molecule has 0 unspecified atom stereocenters. The van der Waals surface area contributed by atoms with Gasteiger partial charge in [0.1, 0.15) is 5.75 Å². The highest BCUT2D eigenvalue weighted by Gasteiger charge is 2.16. The molecule has 1 fully saturated rings. The molecule has 0 saturated heterocycles. The van der Waals surface area contributed by atoms with Gasteiger partial charge in [0.15, 0.2) is 5.11 Å². The highest BCUT2D eigenvalue weighted by Crippen LogP contribution is 2.24. The Morgan fingerprint density at radius 3 is 2.65 bits per heavy atom. The van der Waals surface area contributed by atoms with Gasteiger partial charge in [-0.05, 0) is 73.8 Å². The Bertz CT molecular complexity index is 624. The van der Waals surface area contributed by atoms with Crippen LogP contribution < -0.4 is 15.4 Å². The number of benzene rings is 1. The van der Waals surface area contributed by atoms with Crippen molar-refractivity contribution in [3.63, 3.8) is 0 Å². The quantitative estimate of drug-likeness (QED) is 0.816. The van der Waals surface area contributed by atoms with E-state index in [2.05, 4.69) is 15.6 Å². The first-order valence-electron chi connectivity index (χ1n) is 8.00. The largest absolute Gasteiger partial charge is 0.490 e. The molecule has 120 valence electrons. The van der Waals surface area contributed by atoms with Crippen molar-refractivity contribution < 1.29 is 4.74 Å². The smallest absolute Gasteiger partial charge is 0.171 e. The molecule has 1 aromatic carbocycles. The van der Waals surface area contributed by atoms with E-state index < -0.39 is 0 Å².